The summed E-state index contributed by atoms with van der Waals surface area (Å²) in [4.78, 5) is 4.41. The van der Waals surface area contributed by atoms with Gasteiger partial charge in [0.2, 0.25) is 0 Å². The van der Waals surface area contributed by atoms with E-state index in [0.29, 0.717) is 24.5 Å². The largest absolute Gasteiger partial charge is 0.396 e. The zero-order valence-electron chi connectivity index (χ0n) is 18.1. The van der Waals surface area contributed by atoms with Gasteiger partial charge in [0.1, 0.15) is 11.9 Å². The zero-order valence-corrected chi connectivity index (χ0v) is 18.1. The van der Waals surface area contributed by atoms with E-state index in [1.807, 2.05) is 45.0 Å². The molecule has 0 unspecified atom stereocenters. The monoisotopic (exact) mass is 426 g/mol. The van der Waals surface area contributed by atoms with Crippen molar-refractivity contribution in [3.63, 3.8) is 0 Å². The van der Waals surface area contributed by atoms with Crippen molar-refractivity contribution < 1.29 is 20.1 Å². The molecular weight excluding hydrogens is 396 g/mol. The highest BCUT2D eigenvalue weighted by Gasteiger charge is 2.41. The van der Waals surface area contributed by atoms with Gasteiger partial charge in [-0.2, -0.15) is 9.61 Å². The summed E-state index contributed by atoms with van der Waals surface area (Å²) in [6, 6.07) is 11.4. The smallest absolute Gasteiger partial charge is 0.157 e. The van der Waals surface area contributed by atoms with Crippen LogP contribution >= 0.6 is 0 Å². The summed E-state index contributed by atoms with van der Waals surface area (Å²) in [5, 5.41) is 37.9. The fourth-order valence-electron chi connectivity index (χ4n) is 4.28. The maximum Gasteiger partial charge on any atom is 0.157 e. The summed E-state index contributed by atoms with van der Waals surface area (Å²) in [6.45, 7) is 6.54. The molecule has 1 saturated carbocycles. The summed E-state index contributed by atoms with van der Waals surface area (Å²) < 4.78 is 7.58. The van der Waals surface area contributed by atoms with Crippen molar-refractivity contribution in [3.8, 4) is 11.3 Å². The van der Waals surface area contributed by atoms with Crippen molar-refractivity contribution in [1.29, 1.82) is 0 Å². The number of fused-ring (bicyclic) bond motifs is 1. The molecule has 0 bridgehead atoms. The van der Waals surface area contributed by atoms with Crippen LogP contribution in [0, 0.1) is 5.92 Å². The zero-order chi connectivity index (χ0) is 22.2. The van der Waals surface area contributed by atoms with Crippen LogP contribution < -0.4 is 5.32 Å². The van der Waals surface area contributed by atoms with E-state index >= 15 is 0 Å². The molecule has 2 heterocycles. The van der Waals surface area contributed by atoms with Gasteiger partial charge in [0.05, 0.1) is 23.4 Å². The Hall–Kier alpha value is -2.52. The number of aliphatic hydroxyl groups is 3. The minimum atomic E-state index is -0.965. The summed E-state index contributed by atoms with van der Waals surface area (Å²) in [7, 11) is 0. The van der Waals surface area contributed by atoms with Gasteiger partial charge in [0.25, 0.3) is 0 Å². The Morgan fingerprint density at radius 1 is 1.19 bits per heavy atom. The second-order valence-corrected chi connectivity index (χ2v) is 8.56. The molecule has 0 radical (unpaired) electrons. The van der Waals surface area contributed by atoms with Crippen LogP contribution in [0.5, 0.6) is 0 Å². The SMILES string of the molecule is CCOC(C)(C)c1cccc(-c2cc3nccc(N[C@@H]4C[C@H](CO)[C@@H](O)[C@H]4O)n3n2)c1. The van der Waals surface area contributed by atoms with E-state index in [-0.39, 0.29) is 18.6 Å². The summed E-state index contributed by atoms with van der Waals surface area (Å²) >= 11 is 0. The lowest BCUT2D eigenvalue weighted by Gasteiger charge is -2.25. The number of anilines is 1. The molecule has 1 aliphatic carbocycles. The van der Waals surface area contributed by atoms with Crippen LogP contribution in [-0.2, 0) is 10.3 Å². The molecule has 0 aliphatic heterocycles. The highest BCUT2D eigenvalue weighted by Crippen LogP contribution is 2.31. The molecule has 1 aliphatic rings. The van der Waals surface area contributed by atoms with Gasteiger partial charge in [0.15, 0.2) is 5.65 Å². The van der Waals surface area contributed by atoms with Gasteiger partial charge >= 0.3 is 0 Å². The first-order valence-electron chi connectivity index (χ1n) is 10.7. The Balaban J connectivity index is 1.65. The first-order valence-corrected chi connectivity index (χ1v) is 10.7. The number of hydrogen-bond donors (Lipinski definition) is 4. The van der Waals surface area contributed by atoms with E-state index in [1.54, 1.807) is 16.8 Å². The maximum absolute atomic E-state index is 10.3. The number of nitrogens with one attached hydrogen (secondary N) is 1. The first kappa shape index (κ1) is 21.7. The molecule has 0 saturated heterocycles. The lowest BCUT2D eigenvalue weighted by molar-refractivity contribution is -0.0139. The highest BCUT2D eigenvalue weighted by atomic mass is 16.5. The quantitative estimate of drug-likeness (QED) is 0.458. The molecule has 166 valence electrons. The average Bonchev–Trinajstić information content (AvgIpc) is 3.31. The highest BCUT2D eigenvalue weighted by molar-refractivity contribution is 5.66. The molecule has 31 heavy (non-hydrogen) atoms. The normalized spacial score (nSPS) is 24.1. The third-order valence-corrected chi connectivity index (χ3v) is 6.09. The molecule has 3 aromatic rings. The Morgan fingerprint density at radius 2 is 2.00 bits per heavy atom. The van der Waals surface area contributed by atoms with Gasteiger partial charge < -0.3 is 25.4 Å². The second-order valence-electron chi connectivity index (χ2n) is 8.56. The fraction of sp³-hybridized carbons (Fsp3) is 0.478. The molecule has 1 aromatic carbocycles. The van der Waals surface area contributed by atoms with E-state index in [9.17, 15) is 15.3 Å². The maximum atomic E-state index is 10.3. The number of benzene rings is 1. The van der Waals surface area contributed by atoms with Crippen LogP contribution in [0.3, 0.4) is 0 Å². The predicted octanol–water partition coefficient (Wildman–Crippen LogP) is 2.18. The molecule has 4 N–H and O–H groups in total. The number of aromatic nitrogens is 3. The van der Waals surface area contributed by atoms with E-state index in [2.05, 4.69) is 16.4 Å². The van der Waals surface area contributed by atoms with Crippen molar-refractivity contribution in [3.05, 3.63) is 48.2 Å². The number of rotatable bonds is 7. The van der Waals surface area contributed by atoms with Crippen LogP contribution in [0.15, 0.2) is 42.6 Å². The molecule has 4 rings (SSSR count). The molecular formula is C23H30N4O4. The van der Waals surface area contributed by atoms with Gasteiger partial charge in [-0.25, -0.2) is 4.98 Å². The van der Waals surface area contributed by atoms with Crippen LogP contribution in [0.25, 0.3) is 16.9 Å². The predicted molar refractivity (Wildman–Crippen MR) is 118 cm³/mol. The molecule has 2 aromatic heterocycles. The molecule has 0 spiro atoms. The number of ether oxygens (including phenoxy) is 1. The molecule has 4 atom stereocenters. The van der Waals surface area contributed by atoms with E-state index in [0.717, 1.165) is 16.8 Å². The fourth-order valence-corrected chi connectivity index (χ4v) is 4.28. The van der Waals surface area contributed by atoms with Crippen molar-refractivity contribution in [2.24, 2.45) is 5.92 Å². The van der Waals surface area contributed by atoms with E-state index in [1.165, 1.54) is 0 Å². The van der Waals surface area contributed by atoms with Gasteiger partial charge in [-0.05, 0) is 44.9 Å². The Morgan fingerprint density at radius 3 is 2.71 bits per heavy atom. The van der Waals surface area contributed by atoms with Gasteiger partial charge in [-0.1, -0.05) is 18.2 Å². The number of hydrogen-bond acceptors (Lipinski definition) is 7. The van der Waals surface area contributed by atoms with Crippen LogP contribution in [0.2, 0.25) is 0 Å². The number of nitrogens with zero attached hydrogens (tertiary/aromatic N) is 3. The third-order valence-electron chi connectivity index (χ3n) is 6.09. The van der Waals surface area contributed by atoms with Crippen molar-refractivity contribution in [1.82, 2.24) is 14.6 Å². The van der Waals surface area contributed by atoms with Crippen molar-refractivity contribution in [2.75, 3.05) is 18.5 Å². The third kappa shape index (κ3) is 4.16. The van der Waals surface area contributed by atoms with Gasteiger partial charge in [-0.15, -0.1) is 0 Å². The minimum Gasteiger partial charge on any atom is -0.396 e. The van der Waals surface area contributed by atoms with Crippen LogP contribution in [-0.4, -0.2) is 61.4 Å². The van der Waals surface area contributed by atoms with Crippen molar-refractivity contribution >= 4 is 11.5 Å². The lowest BCUT2D eigenvalue weighted by Crippen LogP contribution is -2.35. The molecule has 8 heteroatoms. The number of aliphatic hydroxyl groups excluding tert-OH is 3. The molecule has 8 nitrogen and oxygen atoms in total. The Kier molecular flexibility index (Phi) is 5.98. The average molecular weight is 427 g/mol. The van der Waals surface area contributed by atoms with E-state index < -0.39 is 17.8 Å². The molecule has 0 amide bonds. The molecule has 1 fully saturated rings. The summed E-state index contributed by atoms with van der Waals surface area (Å²) in [6.07, 6.45) is 0.224. The van der Waals surface area contributed by atoms with Crippen molar-refractivity contribution in [2.45, 2.75) is 51.0 Å². The van der Waals surface area contributed by atoms with E-state index in [4.69, 9.17) is 9.84 Å². The lowest BCUT2D eigenvalue weighted by atomic mass is 9.95. The van der Waals surface area contributed by atoms with Crippen LogP contribution in [0.4, 0.5) is 5.82 Å². The Labute approximate surface area is 181 Å². The van der Waals surface area contributed by atoms with Gasteiger partial charge in [-0.3, -0.25) is 0 Å². The second kappa shape index (κ2) is 8.55. The summed E-state index contributed by atoms with van der Waals surface area (Å²) in [5.41, 5.74) is 3.06. The first-order chi connectivity index (χ1) is 14.8. The van der Waals surface area contributed by atoms with Crippen LogP contribution in [0.1, 0.15) is 32.8 Å². The Bertz CT molecular complexity index is 1050. The topological polar surface area (TPSA) is 112 Å². The van der Waals surface area contributed by atoms with Gasteiger partial charge in [0, 0.05) is 37.0 Å². The standard InChI is InChI=1S/C23H30N4O4/c1-4-31-23(2,3)16-7-5-6-14(10-16)17-12-20-24-9-8-19(27(20)26-17)25-18-11-15(13-28)21(29)22(18)30/h5-10,12,15,18,21-22,25,28-30H,4,11,13H2,1-3H3/t15-,18-,21-,22+/m1/s1. The minimum absolute atomic E-state index is 0.164. The summed E-state index contributed by atoms with van der Waals surface area (Å²) in [5.74, 6) is 0.311.